The third kappa shape index (κ3) is 5.48. The van der Waals surface area contributed by atoms with E-state index in [1.807, 2.05) is 24.0 Å². The van der Waals surface area contributed by atoms with Crippen LogP contribution in [0.25, 0.3) is 0 Å². The van der Waals surface area contributed by atoms with Gasteiger partial charge in [0.25, 0.3) is 5.91 Å². The average molecular weight is 445 g/mol. The normalized spacial score (nSPS) is 21.4. The molecule has 3 rings (SSSR count). The highest BCUT2D eigenvalue weighted by Crippen LogP contribution is 2.36. The van der Waals surface area contributed by atoms with Crippen molar-refractivity contribution in [2.75, 3.05) is 26.3 Å². The number of aliphatic hydroxyl groups is 1. The van der Waals surface area contributed by atoms with E-state index in [-0.39, 0.29) is 31.5 Å². The summed E-state index contributed by atoms with van der Waals surface area (Å²) in [5.41, 5.74) is 5.91. The third-order valence-electron chi connectivity index (χ3n) is 4.74. The lowest BCUT2D eigenvalue weighted by atomic mass is 10.0. The predicted molar refractivity (Wildman–Crippen MR) is 103 cm³/mol. The Labute approximate surface area is 175 Å². The molecule has 1 aliphatic rings. The number of nitrogens with zero attached hydrogens (tertiary/aromatic N) is 2. The number of benzene rings is 1. The lowest BCUT2D eigenvalue weighted by molar-refractivity contribution is -0.254. The maximum Gasteiger partial charge on any atom is 0.443 e. The summed E-state index contributed by atoms with van der Waals surface area (Å²) in [5.74, 6) is -1.93. The summed E-state index contributed by atoms with van der Waals surface area (Å²) in [6, 6.07) is 7.16. The second kappa shape index (κ2) is 8.88. The first kappa shape index (κ1) is 22.5. The SMILES string of the molecule is CC(Cc1ccc(OCC(N)=O)cc1)N1CCOC(O)(c2csc(C(F)(F)F)n2)C1. The van der Waals surface area contributed by atoms with Gasteiger partial charge in [0.2, 0.25) is 5.79 Å². The van der Waals surface area contributed by atoms with Gasteiger partial charge in [-0.2, -0.15) is 13.2 Å². The molecule has 2 unspecified atom stereocenters. The topological polar surface area (TPSA) is 97.9 Å². The highest BCUT2D eigenvalue weighted by atomic mass is 32.1. The van der Waals surface area contributed by atoms with E-state index in [4.69, 9.17) is 15.2 Å². The Morgan fingerprint density at radius 1 is 1.43 bits per heavy atom. The Kier molecular flexibility index (Phi) is 6.65. The van der Waals surface area contributed by atoms with E-state index in [0.717, 1.165) is 5.56 Å². The molecule has 30 heavy (non-hydrogen) atoms. The number of alkyl halides is 3. The minimum atomic E-state index is -4.56. The number of rotatable bonds is 7. The maximum atomic E-state index is 12.8. The van der Waals surface area contributed by atoms with Crippen molar-refractivity contribution in [1.29, 1.82) is 0 Å². The molecule has 0 aliphatic carbocycles. The molecule has 1 fully saturated rings. The number of carbonyl (C=O) groups is 1. The van der Waals surface area contributed by atoms with Crippen molar-refractivity contribution < 1.29 is 32.5 Å². The number of hydrogen-bond acceptors (Lipinski definition) is 7. The van der Waals surface area contributed by atoms with Crippen molar-refractivity contribution in [2.45, 2.75) is 31.3 Å². The van der Waals surface area contributed by atoms with Crippen LogP contribution >= 0.6 is 11.3 Å². The van der Waals surface area contributed by atoms with Crippen molar-refractivity contribution in [1.82, 2.24) is 9.88 Å². The smallest absolute Gasteiger partial charge is 0.443 e. The zero-order chi connectivity index (χ0) is 21.9. The van der Waals surface area contributed by atoms with Gasteiger partial charge in [0.15, 0.2) is 11.6 Å². The van der Waals surface area contributed by atoms with Gasteiger partial charge in [0.1, 0.15) is 11.4 Å². The molecule has 1 aliphatic heterocycles. The maximum absolute atomic E-state index is 12.8. The molecular weight excluding hydrogens is 423 g/mol. The van der Waals surface area contributed by atoms with Gasteiger partial charge in [-0.05, 0) is 31.0 Å². The van der Waals surface area contributed by atoms with Gasteiger partial charge in [-0.3, -0.25) is 9.69 Å². The quantitative estimate of drug-likeness (QED) is 0.678. The number of nitrogens with two attached hydrogens (primary N) is 1. The zero-order valence-corrected chi connectivity index (χ0v) is 17.0. The highest BCUT2D eigenvalue weighted by molar-refractivity contribution is 7.09. The van der Waals surface area contributed by atoms with Gasteiger partial charge in [0, 0.05) is 18.0 Å². The number of carbonyl (C=O) groups excluding carboxylic acids is 1. The van der Waals surface area contributed by atoms with Crippen molar-refractivity contribution in [2.24, 2.45) is 5.73 Å². The summed E-state index contributed by atoms with van der Waals surface area (Å²) in [6.45, 7) is 2.47. The lowest BCUT2D eigenvalue weighted by Crippen LogP contribution is -2.53. The Bertz CT molecular complexity index is 875. The Morgan fingerprint density at radius 3 is 2.73 bits per heavy atom. The Morgan fingerprint density at radius 2 is 2.13 bits per heavy atom. The molecule has 1 aromatic heterocycles. The van der Waals surface area contributed by atoms with Crippen LogP contribution in [0.3, 0.4) is 0 Å². The van der Waals surface area contributed by atoms with Gasteiger partial charge >= 0.3 is 6.18 Å². The molecule has 164 valence electrons. The molecule has 2 aromatic rings. The Hall–Kier alpha value is -2.21. The standard InChI is InChI=1S/C19H22F3N3O4S/c1-12(8-13-2-4-14(5-3-13)28-9-16(23)26)25-6-7-29-18(27,11-25)15-10-30-17(24-15)19(20,21)22/h2-5,10,12,27H,6-9,11H2,1H3,(H2,23,26). The molecule has 0 spiro atoms. The van der Waals surface area contributed by atoms with Gasteiger partial charge in [-0.25, -0.2) is 4.98 Å². The van der Waals surface area contributed by atoms with Crippen molar-refractivity contribution in [3.8, 4) is 5.75 Å². The summed E-state index contributed by atoms with van der Waals surface area (Å²) in [7, 11) is 0. The molecule has 0 saturated carbocycles. The molecule has 0 bridgehead atoms. The predicted octanol–water partition coefficient (Wildman–Crippen LogP) is 2.13. The van der Waals surface area contributed by atoms with E-state index in [2.05, 4.69) is 4.98 Å². The molecule has 0 radical (unpaired) electrons. The number of primary amides is 1. The number of morpholine rings is 1. The van der Waals surface area contributed by atoms with Crippen LogP contribution in [0.5, 0.6) is 5.75 Å². The van der Waals surface area contributed by atoms with E-state index in [1.54, 1.807) is 12.1 Å². The van der Waals surface area contributed by atoms with Gasteiger partial charge in [0.05, 0.1) is 13.2 Å². The minimum Gasteiger partial charge on any atom is -0.484 e. The summed E-state index contributed by atoms with van der Waals surface area (Å²) in [5, 5.41) is 11.0. The first-order valence-corrected chi connectivity index (χ1v) is 10.1. The molecule has 1 amide bonds. The van der Waals surface area contributed by atoms with Crippen molar-refractivity contribution >= 4 is 17.2 Å². The second-order valence-corrected chi connectivity index (χ2v) is 7.95. The van der Waals surface area contributed by atoms with Gasteiger partial charge in [-0.15, -0.1) is 11.3 Å². The van der Waals surface area contributed by atoms with E-state index >= 15 is 0 Å². The summed E-state index contributed by atoms with van der Waals surface area (Å²) in [4.78, 5) is 16.3. The zero-order valence-electron chi connectivity index (χ0n) is 16.2. The van der Waals surface area contributed by atoms with Crippen LogP contribution < -0.4 is 10.5 Å². The fourth-order valence-electron chi connectivity index (χ4n) is 3.19. The summed E-state index contributed by atoms with van der Waals surface area (Å²) in [6.07, 6.45) is -3.93. The first-order chi connectivity index (χ1) is 14.1. The number of hydrogen-bond donors (Lipinski definition) is 2. The molecule has 1 saturated heterocycles. The average Bonchev–Trinajstić information content (AvgIpc) is 3.19. The largest absolute Gasteiger partial charge is 0.484 e. The van der Waals surface area contributed by atoms with Crippen LogP contribution in [-0.4, -0.2) is 53.2 Å². The van der Waals surface area contributed by atoms with Crippen molar-refractivity contribution in [3.05, 3.63) is 45.9 Å². The van der Waals surface area contributed by atoms with Crippen LogP contribution in [-0.2, 0) is 27.9 Å². The molecule has 7 nitrogen and oxygen atoms in total. The van der Waals surface area contributed by atoms with Crippen molar-refractivity contribution in [3.63, 3.8) is 0 Å². The fraction of sp³-hybridized carbons (Fsp3) is 0.474. The minimum absolute atomic E-state index is 0.00893. The lowest BCUT2D eigenvalue weighted by Gasteiger charge is -2.41. The van der Waals surface area contributed by atoms with Gasteiger partial charge in [-0.1, -0.05) is 12.1 Å². The Balaban J connectivity index is 1.63. The number of amides is 1. The van der Waals surface area contributed by atoms with Crippen LogP contribution in [0.2, 0.25) is 0 Å². The molecule has 3 N–H and O–H groups in total. The number of thiazole rings is 1. The summed E-state index contributed by atoms with van der Waals surface area (Å²) >= 11 is 0.433. The second-order valence-electron chi connectivity index (χ2n) is 7.09. The molecule has 1 aromatic carbocycles. The molecular formula is C19H22F3N3O4S. The van der Waals surface area contributed by atoms with E-state index in [9.17, 15) is 23.1 Å². The number of halogens is 3. The fourth-order valence-corrected chi connectivity index (χ4v) is 3.94. The van der Waals surface area contributed by atoms with E-state index < -0.39 is 22.9 Å². The van der Waals surface area contributed by atoms with Gasteiger partial charge < -0.3 is 20.3 Å². The van der Waals surface area contributed by atoms with Crippen LogP contribution in [0.1, 0.15) is 23.2 Å². The number of β-amino-alcohol motifs (C(OH)–C–C–N with tert-alkyl or cyclic N) is 1. The van der Waals surface area contributed by atoms with E-state index in [1.165, 1.54) is 5.38 Å². The number of aromatic nitrogens is 1. The third-order valence-corrected chi connectivity index (χ3v) is 5.63. The summed E-state index contributed by atoms with van der Waals surface area (Å²) < 4.78 is 49.2. The van der Waals surface area contributed by atoms with Crippen LogP contribution in [0.4, 0.5) is 13.2 Å². The monoisotopic (exact) mass is 445 g/mol. The molecule has 2 heterocycles. The molecule has 11 heteroatoms. The number of ether oxygens (including phenoxy) is 2. The van der Waals surface area contributed by atoms with Crippen LogP contribution in [0, 0.1) is 0 Å². The van der Waals surface area contributed by atoms with Crippen LogP contribution in [0.15, 0.2) is 29.6 Å². The molecule has 2 atom stereocenters. The highest BCUT2D eigenvalue weighted by Gasteiger charge is 2.42. The first-order valence-electron chi connectivity index (χ1n) is 9.20. The van der Waals surface area contributed by atoms with E-state index in [0.29, 0.717) is 30.1 Å².